The van der Waals surface area contributed by atoms with Gasteiger partial charge in [0.15, 0.2) is 6.35 Å². The summed E-state index contributed by atoms with van der Waals surface area (Å²) in [4.78, 5) is 0. The molecule has 0 saturated carbocycles. The number of hydroxylamine groups is 1. The first-order valence-electron chi connectivity index (χ1n) is 2.31. The van der Waals surface area contributed by atoms with Crippen LogP contribution in [0.15, 0.2) is 0 Å². The van der Waals surface area contributed by atoms with E-state index < -0.39 is 6.35 Å². The molecule has 0 spiro atoms. The number of nitrogens with two attached hydrogens (primary N) is 1. The van der Waals surface area contributed by atoms with Gasteiger partial charge in [0.2, 0.25) is 0 Å². The summed E-state index contributed by atoms with van der Waals surface area (Å²) in [6.45, 7) is 0.808. The van der Waals surface area contributed by atoms with Crippen molar-refractivity contribution in [2.45, 2.75) is 6.35 Å². The summed E-state index contributed by atoms with van der Waals surface area (Å²) in [6.07, 6.45) is -0.997. The fourth-order valence-electron chi connectivity index (χ4n) is 0.276. The molecule has 0 aromatic rings. The molecule has 1 unspecified atom stereocenters. The van der Waals surface area contributed by atoms with Crippen molar-refractivity contribution < 1.29 is 10.3 Å². The summed E-state index contributed by atoms with van der Waals surface area (Å²) in [5.41, 5.74) is 6.76. The first kappa shape index (κ1) is 7.80. The maximum atomic E-state index is 8.34. The molecule has 5 heteroatoms. The van der Waals surface area contributed by atoms with Gasteiger partial charge in [0.1, 0.15) is 0 Å². The second-order valence-electron chi connectivity index (χ2n) is 1.31. The highest BCUT2D eigenvalue weighted by atomic mass is 16.5. The van der Waals surface area contributed by atoms with Gasteiger partial charge >= 0.3 is 0 Å². The average molecular weight is 121 g/mol. The van der Waals surface area contributed by atoms with Gasteiger partial charge < -0.3 is 10.3 Å². The van der Waals surface area contributed by atoms with Crippen LogP contribution in [0.2, 0.25) is 0 Å². The van der Waals surface area contributed by atoms with Crippen LogP contribution >= 0.6 is 0 Å². The van der Waals surface area contributed by atoms with Crippen LogP contribution < -0.4 is 16.5 Å². The quantitative estimate of drug-likeness (QED) is 0.165. The van der Waals surface area contributed by atoms with E-state index in [1.54, 1.807) is 0 Å². The molecular formula is C3H11N3O2. The third-order valence-corrected chi connectivity index (χ3v) is 0.590. The van der Waals surface area contributed by atoms with Crippen LogP contribution in [-0.2, 0) is 0 Å². The van der Waals surface area contributed by atoms with Crippen LogP contribution in [0.25, 0.3) is 0 Å². The van der Waals surface area contributed by atoms with Crippen LogP contribution in [-0.4, -0.2) is 29.8 Å². The molecule has 0 aromatic heterocycles. The molecule has 0 aromatic carbocycles. The molecular weight excluding hydrogens is 110 g/mol. The Bertz CT molecular complexity index is 49.8. The Morgan fingerprint density at radius 3 is 2.50 bits per heavy atom. The number of rotatable bonds is 4. The molecule has 0 rings (SSSR count). The van der Waals surface area contributed by atoms with Gasteiger partial charge in [-0.25, -0.2) is 5.48 Å². The summed E-state index contributed by atoms with van der Waals surface area (Å²) in [6, 6.07) is 0. The lowest BCUT2D eigenvalue weighted by atomic mass is 10.6. The van der Waals surface area contributed by atoms with Gasteiger partial charge in [0.05, 0.1) is 0 Å². The zero-order valence-corrected chi connectivity index (χ0v) is 4.46. The largest absolute Gasteiger partial charge is 0.366 e. The zero-order chi connectivity index (χ0) is 6.41. The third kappa shape index (κ3) is 5.80. The van der Waals surface area contributed by atoms with Crippen LogP contribution in [0.1, 0.15) is 0 Å². The van der Waals surface area contributed by atoms with Gasteiger partial charge in [-0.15, -0.1) is 0 Å². The molecule has 50 valence electrons. The molecule has 0 aliphatic rings. The molecule has 0 aliphatic carbocycles. The molecule has 0 bridgehead atoms. The normalized spacial score (nSPS) is 13.9. The highest BCUT2D eigenvalue weighted by Crippen LogP contribution is 1.57. The van der Waals surface area contributed by atoms with Crippen molar-refractivity contribution >= 4 is 0 Å². The van der Waals surface area contributed by atoms with E-state index in [2.05, 4.69) is 5.32 Å². The highest BCUT2D eigenvalue weighted by molar-refractivity contribution is 4.43. The minimum Gasteiger partial charge on any atom is -0.366 e. The van der Waals surface area contributed by atoms with Crippen molar-refractivity contribution in [3.63, 3.8) is 0 Å². The second-order valence-corrected chi connectivity index (χ2v) is 1.31. The number of aliphatic hydroxyl groups is 1. The Labute approximate surface area is 47.5 Å². The average Bonchev–Trinajstić information content (AvgIpc) is 1.66. The van der Waals surface area contributed by atoms with Gasteiger partial charge in [-0.3, -0.25) is 11.1 Å². The highest BCUT2D eigenvalue weighted by Gasteiger charge is 1.89. The van der Waals surface area contributed by atoms with E-state index in [4.69, 9.17) is 16.0 Å². The molecule has 0 radical (unpaired) electrons. The minimum absolute atomic E-state index is 0.369. The smallest absolute Gasteiger partial charge is 0.157 e. The Morgan fingerprint density at radius 1 is 1.50 bits per heavy atom. The van der Waals surface area contributed by atoms with Gasteiger partial charge in [-0.05, 0) is 0 Å². The molecule has 8 heavy (non-hydrogen) atoms. The Kier molecular flexibility index (Phi) is 4.82. The number of nitrogens with one attached hydrogen (secondary N) is 2. The van der Waals surface area contributed by atoms with Gasteiger partial charge in [0, 0.05) is 13.1 Å². The molecule has 5 nitrogen and oxygen atoms in total. The topological polar surface area (TPSA) is 90.5 Å². The Balaban J connectivity index is 2.72. The fraction of sp³-hybridized carbons (Fsp3) is 1.00. The van der Waals surface area contributed by atoms with E-state index in [0.717, 1.165) is 0 Å². The standard InChI is InChI=1S/C3H11N3O2/c4-3(7)5-1-2-6-8/h3,5-8H,1-2,4H2. The van der Waals surface area contributed by atoms with Crippen LogP contribution in [0, 0.1) is 0 Å². The lowest BCUT2D eigenvalue weighted by molar-refractivity contribution is 0.128. The van der Waals surface area contributed by atoms with Crippen molar-refractivity contribution in [2.24, 2.45) is 5.73 Å². The first-order chi connectivity index (χ1) is 3.77. The molecule has 1 atom stereocenters. The summed E-state index contributed by atoms with van der Waals surface area (Å²) in [5.74, 6) is 0. The molecule has 0 heterocycles. The van der Waals surface area contributed by atoms with E-state index >= 15 is 0 Å². The second kappa shape index (κ2) is 4.95. The summed E-state index contributed by atoms with van der Waals surface area (Å²) in [5, 5.41) is 18.8. The van der Waals surface area contributed by atoms with Crippen molar-refractivity contribution in [2.75, 3.05) is 13.1 Å². The van der Waals surface area contributed by atoms with Crippen molar-refractivity contribution in [1.29, 1.82) is 0 Å². The third-order valence-electron chi connectivity index (χ3n) is 0.590. The monoisotopic (exact) mass is 121 g/mol. The van der Waals surface area contributed by atoms with Crippen molar-refractivity contribution in [3.05, 3.63) is 0 Å². The summed E-state index contributed by atoms with van der Waals surface area (Å²) < 4.78 is 0. The fourth-order valence-corrected chi connectivity index (χ4v) is 0.276. The maximum absolute atomic E-state index is 8.34. The van der Waals surface area contributed by atoms with Crippen LogP contribution in [0.5, 0.6) is 0 Å². The van der Waals surface area contributed by atoms with Crippen molar-refractivity contribution in [3.8, 4) is 0 Å². The molecule has 6 N–H and O–H groups in total. The SMILES string of the molecule is NC(O)NCCNO. The van der Waals surface area contributed by atoms with Gasteiger partial charge in [-0.1, -0.05) is 0 Å². The number of hydrogen-bond donors (Lipinski definition) is 5. The summed E-state index contributed by atoms with van der Waals surface area (Å²) in [7, 11) is 0. The Hall–Kier alpha value is -0.200. The van der Waals surface area contributed by atoms with Crippen LogP contribution in [0.3, 0.4) is 0 Å². The molecule has 0 saturated heterocycles. The van der Waals surface area contributed by atoms with Gasteiger partial charge in [0.25, 0.3) is 0 Å². The summed E-state index contributed by atoms with van der Waals surface area (Å²) >= 11 is 0. The van der Waals surface area contributed by atoms with E-state index in [1.807, 2.05) is 5.48 Å². The lowest BCUT2D eigenvalue weighted by Gasteiger charge is -2.04. The van der Waals surface area contributed by atoms with E-state index in [1.165, 1.54) is 0 Å². The van der Waals surface area contributed by atoms with Crippen LogP contribution in [0.4, 0.5) is 0 Å². The Morgan fingerprint density at radius 2 is 2.12 bits per heavy atom. The van der Waals surface area contributed by atoms with E-state index in [-0.39, 0.29) is 0 Å². The predicted octanol–water partition coefficient (Wildman–Crippen LogP) is -2.21. The first-order valence-corrected chi connectivity index (χ1v) is 2.31. The molecule has 0 fully saturated rings. The predicted molar refractivity (Wildman–Crippen MR) is 28.0 cm³/mol. The minimum atomic E-state index is -0.997. The molecule has 0 amide bonds. The molecule has 0 aliphatic heterocycles. The zero-order valence-electron chi connectivity index (χ0n) is 4.46. The number of aliphatic hydroxyl groups excluding tert-OH is 1. The number of hydrogen-bond acceptors (Lipinski definition) is 5. The van der Waals surface area contributed by atoms with Crippen molar-refractivity contribution in [1.82, 2.24) is 10.8 Å². The van der Waals surface area contributed by atoms with Gasteiger partial charge in [-0.2, -0.15) is 0 Å². The lowest BCUT2D eigenvalue weighted by Crippen LogP contribution is -2.40. The maximum Gasteiger partial charge on any atom is 0.157 e. The van der Waals surface area contributed by atoms with E-state index in [0.29, 0.717) is 13.1 Å². The van der Waals surface area contributed by atoms with E-state index in [9.17, 15) is 0 Å².